The average molecular weight is 378 g/mol. The fourth-order valence-corrected chi connectivity index (χ4v) is 4.44. The smallest absolute Gasteiger partial charge is 0.234 e. The maximum Gasteiger partial charge on any atom is 0.234 e. The molecule has 0 saturated carbocycles. The SMILES string of the molecule is CC(C)NC(=O)CNC1CCCc2sc(I)cc21. The van der Waals surface area contributed by atoms with E-state index in [1.807, 2.05) is 25.2 Å². The van der Waals surface area contributed by atoms with E-state index in [-0.39, 0.29) is 11.9 Å². The molecule has 0 bridgehead atoms. The second-order valence-corrected chi connectivity index (χ2v) is 8.01. The first-order valence-electron chi connectivity index (χ1n) is 6.37. The Morgan fingerprint density at radius 3 is 3.11 bits per heavy atom. The third-order valence-corrected chi connectivity index (χ3v) is 5.01. The van der Waals surface area contributed by atoms with E-state index in [4.69, 9.17) is 0 Å². The summed E-state index contributed by atoms with van der Waals surface area (Å²) in [4.78, 5) is 13.1. The van der Waals surface area contributed by atoms with Gasteiger partial charge in [-0.25, -0.2) is 0 Å². The first-order chi connectivity index (χ1) is 8.56. The zero-order valence-electron chi connectivity index (χ0n) is 10.8. The minimum atomic E-state index is 0.0852. The molecule has 1 amide bonds. The standard InChI is InChI=1S/C13H19IN2OS/c1-8(2)16-13(17)7-15-10-4-3-5-11-9(10)6-12(14)18-11/h6,8,10,15H,3-5,7H2,1-2H3,(H,16,17). The molecule has 0 saturated heterocycles. The van der Waals surface area contributed by atoms with Crippen LogP contribution in [0.25, 0.3) is 0 Å². The molecule has 3 nitrogen and oxygen atoms in total. The summed E-state index contributed by atoms with van der Waals surface area (Å²) in [5, 5.41) is 6.30. The van der Waals surface area contributed by atoms with E-state index in [9.17, 15) is 4.79 Å². The van der Waals surface area contributed by atoms with Gasteiger partial charge in [0.1, 0.15) is 0 Å². The van der Waals surface area contributed by atoms with Crippen LogP contribution in [0.1, 0.15) is 43.2 Å². The van der Waals surface area contributed by atoms with Crippen LogP contribution >= 0.6 is 33.9 Å². The maximum atomic E-state index is 11.6. The molecule has 1 aliphatic carbocycles. The van der Waals surface area contributed by atoms with Crippen LogP contribution in [-0.2, 0) is 11.2 Å². The molecule has 1 aromatic rings. The lowest BCUT2D eigenvalue weighted by Crippen LogP contribution is -2.39. The van der Waals surface area contributed by atoms with Crippen LogP contribution in [-0.4, -0.2) is 18.5 Å². The predicted molar refractivity (Wildman–Crippen MR) is 84.0 cm³/mol. The topological polar surface area (TPSA) is 41.1 Å². The van der Waals surface area contributed by atoms with E-state index in [1.165, 1.54) is 26.2 Å². The molecule has 100 valence electrons. The summed E-state index contributed by atoms with van der Waals surface area (Å²) in [6, 6.07) is 2.83. The first-order valence-corrected chi connectivity index (χ1v) is 8.26. The fraction of sp³-hybridized carbons (Fsp3) is 0.615. The van der Waals surface area contributed by atoms with Gasteiger partial charge >= 0.3 is 0 Å². The first kappa shape index (κ1) is 14.3. The van der Waals surface area contributed by atoms with Gasteiger partial charge < -0.3 is 10.6 Å². The summed E-state index contributed by atoms with van der Waals surface area (Å²) in [5.74, 6) is 0.0852. The second kappa shape index (κ2) is 6.34. The molecule has 0 aromatic carbocycles. The van der Waals surface area contributed by atoms with Gasteiger partial charge in [-0.05, 0) is 67.3 Å². The van der Waals surface area contributed by atoms with Crippen LogP contribution in [0.2, 0.25) is 0 Å². The number of aryl methyl sites for hydroxylation is 1. The van der Waals surface area contributed by atoms with E-state index >= 15 is 0 Å². The van der Waals surface area contributed by atoms with E-state index < -0.39 is 0 Å². The third-order valence-electron chi connectivity index (χ3n) is 3.04. The van der Waals surface area contributed by atoms with Crippen molar-refractivity contribution in [2.75, 3.05) is 6.54 Å². The molecule has 0 fully saturated rings. The normalized spacial score (nSPS) is 18.8. The fourth-order valence-electron chi connectivity index (χ4n) is 2.32. The molecule has 5 heteroatoms. The number of thiophene rings is 1. The Morgan fingerprint density at radius 2 is 2.39 bits per heavy atom. The molecule has 1 unspecified atom stereocenters. The number of fused-ring (bicyclic) bond motifs is 1. The van der Waals surface area contributed by atoms with Gasteiger partial charge in [-0.15, -0.1) is 11.3 Å². The second-order valence-electron chi connectivity index (χ2n) is 4.98. The molecule has 1 atom stereocenters. The maximum absolute atomic E-state index is 11.6. The van der Waals surface area contributed by atoms with Crippen LogP contribution in [0.15, 0.2) is 6.07 Å². The highest BCUT2D eigenvalue weighted by Crippen LogP contribution is 2.36. The molecule has 2 rings (SSSR count). The molecule has 1 aliphatic rings. The number of nitrogens with one attached hydrogen (secondary N) is 2. The van der Waals surface area contributed by atoms with Crippen LogP contribution in [0, 0.1) is 2.88 Å². The van der Waals surface area contributed by atoms with E-state index in [2.05, 4.69) is 39.3 Å². The monoisotopic (exact) mass is 378 g/mol. The van der Waals surface area contributed by atoms with E-state index in [1.54, 1.807) is 0 Å². The van der Waals surface area contributed by atoms with Gasteiger partial charge in [0.15, 0.2) is 0 Å². The van der Waals surface area contributed by atoms with E-state index in [0.717, 1.165) is 6.42 Å². The summed E-state index contributed by atoms with van der Waals surface area (Å²) < 4.78 is 1.35. The zero-order valence-corrected chi connectivity index (χ0v) is 13.7. The number of halogens is 1. The lowest BCUT2D eigenvalue weighted by atomic mass is 9.94. The van der Waals surface area contributed by atoms with Gasteiger partial charge in [0.05, 0.1) is 9.43 Å². The van der Waals surface area contributed by atoms with Crippen molar-refractivity contribution in [2.24, 2.45) is 0 Å². The van der Waals surface area contributed by atoms with Gasteiger partial charge in [0.2, 0.25) is 5.91 Å². The summed E-state index contributed by atoms with van der Waals surface area (Å²) in [5.41, 5.74) is 1.41. The number of carbonyl (C=O) groups excluding carboxylic acids is 1. The molecule has 18 heavy (non-hydrogen) atoms. The van der Waals surface area contributed by atoms with E-state index in [0.29, 0.717) is 12.6 Å². The van der Waals surface area contributed by atoms with Crippen molar-refractivity contribution in [3.63, 3.8) is 0 Å². The van der Waals surface area contributed by atoms with Crippen molar-refractivity contribution < 1.29 is 4.79 Å². The number of carbonyl (C=O) groups is 1. The van der Waals surface area contributed by atoms with Gasteiger partial charge in [-0.3, -0.25) is 4.79 Å². The lowest BCUT2D eigenvalue weighted by molar-refractivity contribution is -0.120. The van der Waals surface area contributed by atoms with Gasteiger partial charge in [-0.1, -0.05) is 0 Å². The third kappa shape index (κ3) is 3.68. The molecule has 1 heterocycles. The Kier molecular flexibility index (Phi) is 5.03. The average Bonchev–Trinajstić information content (AvgIpc) is 2.66. The Balaban J connectivity index is 1.93. The Bertz CT molecular complexity index is 431. The minimum absolute atomic E-state index is 0.0852. The zero-order chi connectivity index (χ0) is 13.1. The quantitative estimate of drug-likeness (QED) is 0.792. The highest BCUT2D eigenvalue weighted by atomic mass is 127. The van der Waals surface area contributed by atoms with Gasteiger partial charge in [0, 0.05) is 17.0 Å². The largest absolute Gasteiger partial charge is 0.353 e. The van der Waals surface area contributed by atoms with Crippen molar-refractivity contribution in [1.29, 1.82) is 0 Å². The van der Waals surface area contributed by atoms with Crippen LogP contribution in [0.4, 0.5) is 0 Å². The minimum Gasteiger partial charge on any atom is -0.353 e. The summed E-state index contributed by atoms with van der Waals surface area (Å²) in [7, 11) is 0. The number of hydrogen-bond donors (Lipinski definition) is 2. The Morgan fingerprint density at radius 1 is 1.61 bits per heavy atom. The number of rotatable bonds is 4. The van der Waals surface area contributed by atoms with Crippen molar-refractivity contribution in [3.8, 4) is 0 Å². The predicted octanol–water partition coefficient (Wildman–Crippen LogP) is 2.84. The van der Waals surface area contributed by atoms with Crippen molar-refractivity contribution in [1.82, 2.24) is 10.6 Å². The number of amides is 1. The van der Waals surface area contributed by atoms with Crippen LogP contribution in [0.5, 0.6) is 0 Å². The Hall–Kier alpha value is -0.140. The molecule has 0 spiro atoms. The molecular formula is C13H19IN2OS. The van der Waals surface area contributed by atoms with Crippen molar-refractivity contribution >= 4 is 39.8 Å². The Labute approximate surface area is 126 Å². The van der Waals surface area contributed by atoms with Gasteiger partial charge in [-0.2, -0.15) is 0 Å². The summed E-state index contributed by atoms with van der Waals surface area (Å²) in [6.07, 6.45) is 3.54. The summed E-state index contributed by atoms with van der Waals surface area (Å²) >= 11 is 4.26. The van der Waals surface area contributed by atoms with Crippen LogP contribution in [0.3, 0.4) is 0 Å². The van der Waals surface area contributed by atoms with Gasteiger partial charge in [0.25, 0.3) is 0 Å². The highest BCUT2D eigenvalue weighted by Gasteiger charge is 2.22. The molecule has 0 radical (unpaired) electrons. The molecule has 1 aromatic heterocycles. The van der Waals surface area contributed by atoms with Crippen molar-refractivity contribution in [3.05, 3.63) is 19.4 Å². The molecule has 2 N–H and O–H groups in total. The molecule has 0 aliphatic heterocycles. The summed E-state index contributed by atoms with van der Waals surface area (Å²) in [6.45, 7) is 4.38. The highest BCUT2D eigenvalue weighted by molar-refractivity contribution is 14.1. The molecular weight excluding hydrogens is 359 g/mol. The lowest BCUT2D eigenvalue weighted by Gasteiger charge is -2.23. The number of hydrogen-bond acceptors (Lipinski definition) is 3. The van der Waals surface area contributed by atoms with Crippen molar-refractivity contribution in [2.45, 2.75) is 45.2 Å². The van der Waals surface area contributed by atoms with Crippen LogP contribution < -0.4 is 10.6 Å².